The quantitative estimate of drug-likeness (QED) is 0.0685. The number of hydrogen-bond donors (Lipinski definition) is 1. The van der Waals surface area contributed by atoms with Crippen LogP contribution in [0.3, 0.4) is 0 Å². The van der Waals surface area contributed by atoms with Crippen LogP contribution in [0, 0.1) is 0 Å². The van der Waals surface area contributed by atoms with Crippen molar-refractivity contribution in [1.82, 2.24) is 0 Å². The van der Waals surface area contributed by atoms with Gasteiger partial charge >= 0.3 is 7.82 Å². The van der Waals surface area contributed by atoms with Crippen LogP contribution in [0.4, 0.5) is 0 Å². The topological polar surface area (TPSA) is 65.0 Å². The fourth-order valence-corrected chi connectivity index (χ4v) is 4.48. The number of likely N-dealkylation sites (N-methyl/N-ethyl adjacent to an activating group) is 1. The molecule has 1 N–H and O–H groups in total. The SMILES string of the molecule is CCCCCC/C=C\CCCCCCCCOc1ccccc1CCOP(=O)(O)OCC[N+](C)(C)C. The molecule has 0 aromatic heterocycles. The fraction of sp³-hybridized carbons (Fsp3) is 0.724. The van der Waals surface area contributed by atoms with Gasteiger partial charge < -0.3 is 14.1 Å². The first-order valence-corrected chi connectivity index (χ1v) is 15.5. The Hall–Kier alpha value is -1.17. The van der Waals surface area contributed by atoms with E-state index in [1.54, 1.807) is 0 Å². The molecule has 0 aliphatic carbocycles. The normalized spacial score (nSPS) is 13.8. The Kier molecular flexibility index (Phi) is 18.1. The molecule has 0 heterocycles. The number of nitrogens with zero attached hydrogens (tertiary/aromatic N) is 1. The summed E-state index contributed by atoms with van der Waals surface area (Å²) < 4.78 is 29.0. The van der Waals surface area contributed by atoms with Crippen molar-refractivity contribution in [2.45, 2.75) is 90.4 Å². The molecule has 0 aliphatic rings. The van der Waals surface area contributed by atoms with Gasteiger partial charge in [-0.2, -0.15) is 0 Å². The molecule has 1 atom stereocenters. The first kappa shape index (κ1) is 32.9. The van der Waals surface area contributed by atoms with Crippen LogP contribution in [0.2, 0.25) is 0 Å². The Bertz CT molecular complexity index is 747. The van der Waals surface area contributed by atoms with Gasteiger partial charge in [-0.25, -0.2) is 4.57 Å². The number of allylic oxidation sites excluding steroid dienone is 2. The molecule has 0 amide bonds. The van der Waals surface area contributed by atoms with Gasteiger partial charge in [0.2, 0.25) is 0 Å². The zero-order chi connectivity index (χ0) is 26.5. The van der Waals surface area contributed by atoms with E-state index in [4.69, 9.17) is 13.8 Å². The van der Waals surface area contributed by atoms with E-state index in [1.165, 1.54) is 70.6 Å². The van der Waals surface area contributed by atoms with Crippen molar-refractivity contribution in [3.63, 3.8) is 0 Å². The molecular formula is C29H53NO5P+. The molecule has 1 aromatic carbocycles. The monoisotopic (exact) mass is 526 g/mol. The first-order valence-electron chi connectivity index (χ1n) is 14.0. The molecule has 0 radical (unpaired) electrons. The molecule has 208 valence electrons. The molecule has 0 fully saturated rings. The van der Waals surface area contributed by atoms with Gasteiger partial charge in [0.1, 0.15) is 18.9 Å². The van der Waals surface area contributed by atoms with E-state index < -0.39 is 7.82 Å². The highest BCUT2D eigenvalue weighted by molar-refractivity contribution is 7.47. The lowest BCUT2D eigenvalue weighted by Crippen LogP contribution is -2.37. The molecule has 0 spiro atoms. The molecule has 6 nitrogen and oxygen atoms in total. The van der Waals surface area contributed by atoms with Crippen molar-refractivity contribution in [1.29, 1.82) is 0 Å². The van der Waals surface area contributed by atoms with Crippen LogP contribution in [-0.4, -0.2) is 56.9 Å². The standard InChI is InChI=1S/C29H52NO5P/c1-5-6-7-8-9-10-11-12-13-14-15-16-17-20-25-33-29-22-19-18-21-28(29)23-26-34-36(31,32)35-27-24-30(2,3)4/h10-11,18-19,21-22H,5-9,12-17,20,23-27H2,1-4H3/p+1/b11-10-. The largest absolute Gasteiger partial charge is 0.493 e. The van der Waals surface area contributed by atoms with Crippen molar-refractivity contribution in [3.8, 4) is 5.75 Å². The van der Waals surface area contributed by atoms with E-state index >= 15 is 0 Å². The fourth-order valence-electron chi connectivity index (χ4n) is 3.77. The van der Waals surface area contributed by atoms with Crippen LogP contribution in [0.1, 0.15) is 89.5 Å². The van der Waals surface area contributed by atoms with Crippen LogP contribution in [0.25, 0.3) is 0 Å². The van der Waals surface area contributed by atoms with Crippen molar-refractivity contribution in [2.24, 2.45) is 0 Å². The van der Waals surface area contributed by atoms with E-state index in [0.717, 1.165) is 17.7 Å². The highest BCUT2D eigenvalue weighted by atomic mass is 31.2. The average Bonchev–Trinajstić information content (AvgIpc) is 2.81. The van der Waals surface area contributed by atoms with Crippen LogP contribution < -0.4 is 4.74 Å². The lowest BCUT2D eigenvalue weighted by Gasteiger charge is -2.24. The lowest BCUT2D eigenvalue weighted by molar-refractivity contribution is -0.870. The van der Waals surface area contributed by atoms with Gasteiger partial charge in [0.05, 0.1) is 34.4 Å². The van der Waals surface area contributed by atoms with E-state index in [1.807, 2.05) is 45.4 Å². The van der Waals surface area contributed by atoms with Gasteiger partial charge in [0, 0.05) is 6.42 Å². The Balaban J connectivity index is 2.12. The highest BCUT2D eigenvalue weighted by Crippen LogP contribution is 2.43. The van der Waals surface area contributed by atoms with Gasteiger partial charge in [0.25, 0.3) is 0 Å². The smallest absolute Gasteiger partial charge is 0.472 e. The number of ether oxygens (including phenoxy) is 1. The van der Waals surface area contributed by atoms with Crippen LogP contribution in [0.5, 0.6) is 5.75 Å². The van der Waals surface area contributed by atoms with Crippen molar-refractivity contribution in [3.05, 3.63) is 42.0 Å². The molecule has 1 rings (SSSR count). The second-order valence-corrected chi connectivity index (χ2v) is 12.0. The molecule has 0 saturated heterocycles. The van der Waals surface area contributed by atoms with Crippen LogP contribution in [0.15, 0.2) is 36.4 Å². The number of unbranched alkanes of at least 4 members (excludes halogenated alkanes) is 10. The van der Waals surface area contributed by atoms with Crippen molar-refractivity contribution in [2.75, 3.05) is 47.5 Å². The summed E-state index contributed by atoms with van der Waals surface area (Å²) in [6.45, 7) is 3.85. The number of phosphoric acid groups is 1. The van der Waals surface area contributed by atoms with Crippen LogP contribution >= 0.6 is 7.82 Å². The minimum Gasteiger partial charge on any atom is -0.493 e. The zero-order valence-corrected chi connectivity index (χ0v) is 24.4. The predicted molar refractivity (Wildman–Crippen MR) is 150 cm³/mol. The van der Waals surface area contributed by atoms with Crippen LogP contribution in [-0.2, 0) is 20.0 Å². The summed E-state index contributed by atoms with van der Waals surface area (Å²) >= 11 is 0. The average molecular weight is 527 g/mol. The molecule has 1 unspecified atom stereocenters. The van der Waals surface area contributed by atoms with Crippen molar-refractivity contribution >= 4 is 7.82 Å². The summed E-state index contributed by atoms with van der Waals surface area (Å²) in [6.07, 6.45) is 20.4. The van der Waals surface area contributed by atoms with Gasteiger partial charge in [-0.1, -0.05) is 82.2 Å². The number of benzene rings is 1. The molecular weight excluding hydrogens is 473 g/mol. The highest BCUT2D eigenvalue weighted by Gasteiger charge is 2.22. The summed E-state index contributed by atoms with van der Waals surface area (Å²) in [5, 5.41) is 0. The zero-order valence-electron chi connectivity index (χ0n) is 23.5. The van der Waals surface area contributed by atoms with E-state index in [-0.39, 0.29) is 13.2 Å². The summed E-state index contributed by atoms with van der Waals surface area (Å²) in [7, 11) is 1.96. The maximum atomic E-state index is 12.1. The Morgan fingerprint density at radius 1 is 0.806 bits per heavy atom. The minimum absolute atomic E-state index is 0.104. The molecule has 1 aromatic rings. The van der Waals surface area contributed by atoms with E-state index in [9.17, 15) is 9.46 Å². The second-order valence-electron chi connectivity index (χ2n) is 10.6. The first-order chi connectivity index (χ1) is 17.2. The summed E-state index contributed by atoms with van der Waals surface area (Å²) in [5.41, 5.74) is 0.974. The Labute approximate surface area is 221 Å². The molecule has 0 bridgehead atoms. The van der Waals surface area contributed by atoms with E-state index in [2.05, 4.69) is 19.1 Å². The summed E-state index contributed by atoms with van der Waals surface area (Å²) in [5.74, 6) is 0.821. The lowest BCUT2D eigenvalue weighted by atomic mass is 10.1. The third kappa shape index (κ3) is 19.0. The number of quaternary nitrogens is 1. The second kappa shape index (κ2) is 19.9. The number of rotatable bonds is 23. The van der Waals surface area contributed by atoms with Gasteiger partial charge in [0.15, 0.2) is 0 Å². The van der Waals surface area contributed by atoms with Gasteiger partial charge in [-0.3, -0.25) is 9.05 Å². The molecule has 7 heteroatoms. The van der Waals surface area contributed by atoms with Crippen molar-refractivity contribution < 1.29 is 27.7 Å². The number of phosphoric ester groups is 1. The van der Waals surface area contributed by atoms with Gasteiger partial charge in [-0.15, -0.1) is 0 Å². The predicted octanol–water partition coefficient (Wildman–Crippen LogP) is 7.71. The summed E-state index contributed by atoms with van der Waals surface area (Å²) in [6, 6.07) is 7.81. The third-order valence-corrected chi connectivity index (χ3v) is 7.05. The minimum atomic E-state index is -4.04. The molecule has 0 aliphatic heterocycles. The number of para-hydroxylation sites is 1. The molecule has 36 heavy (non-hydrogen) atoms. The Morgan fingerprint density at radius 2 is 1.39 bits per heavy atom. The Morgan fingerprint density at radius 3 is 2.06 bits per heavy atom. The van der Waals surface area contributed by atoms with Gasteiger partial charge in [-0.05, 0) is 43.7 Å². The van der Waals surface area contributed by atoms with E-state index in [0.29, 0.717) is 24.1 Å². The molecule has 0 saturated carbocycles. The number of hydrogen-bond acceptors (Lipinski definition) is 4. The maximum Gasteiger partial charge on any atom is 0.472 e. The maximum absolute atomic E-state index is 12.1. The third-order valence-electron chi connectivity index (χ3n) is 6.03. The summed E-state index contributed by atoms with van der Waals surface area (Å²) in [4.78, 5) is 9.88.